The average Bonchev–Trinajstić information content (AvgIpc) is 2.53. The molecule has 1 aliphatic heterocycles. The SMILES string of the molecule is COC(OC)C(C)NC1CCN(Cc2ccc(Cl)cc2)CC1. The highest BCUT2D eigenvalue weighted by atomic mass is 35.5. The van der Waals surface area contributed by atoms with E-state index in [1.807, 2.05) is 12.1 Å². The van der Waals surface area contributed by atoms with Crippen LogP contribution in [0.25, 0.3) is 0 Å². The minimum atomic E-state index is -0.188. The maximum atomic E-state index is 5.93. The zero-order valence-corrected chi connectivity index (χ0v) is 14.5. The smallest absolute Gasteiger partial charge is 0.171 e. The van der Waals surface area contributed by atoms with E-state index in [9.17, 15) is 0 Å². The fourth-order valence-corrected chi connectivity index (χ4v) is 3.19. The van der Waals surface area contributed by atoms with Crippen molar-refractivity contribution in [1.29, 1.82) is 0 Å². The maximum Gasteiger partial charge on any atom is 0.171 e. The van der Waals surface area contributed by atoms with E-state index in [4.69, 9.17) is 21.1 Å². The third-order valence-electron chi connectivity index (χ3n) is 4.28. The van der Waals surface area contributed by atoms with Crippen LogP contribution in [-0.2, 0) is 16.0 Å². The first kappa shape index (κ1) is 17.7. The first-order valence-corrected chi connectivity index (χ1v) is 8.28. The molecule has 0 amide bonds. The Kier molecular flexibility index (Phi) is 7.12. The quantitative estimate of drug-likeness (QED) is 0.781. The van der Waals surface area contributed by atoms with Gasteiger partial charge < -0.3 is 14.8 Å². The summed E-state index contributed by atoms with van der Waals surface area (Å²) in [5, 5.41) is 4.42. The van der Waals surface area contributed by atoms with Crippen LogP contribution in [0.3, 0.4) is 0 Å². The fraction of sp³-hybridized carbons (Fsp3) is 0.647. The molecule has 1 aromatic rings. The van der Waals surface area contributed by atoms with Gasteiger partial charge in [0.15, 0.2) is 6.29 Å². The molecule has 0 aliphatic carbocycles. The van der Waals surface area contributed by atoms with Gasteiger partial charge in [0.1, 0.15) is 0 Å². The second-order valence-electron chi connectivity index (χ2n) is 5.97. The van der Waals surface area contributed by atoms with Gasteiger partial charge in [-0.25, -0.2) is 0 Å². The zero-order chi connectivity index (χ0) is 15.9. The summed E-state index contributed by atoms with van der Waals surface area (Å²) in [6.45, 7) is 5.32. The minimum absolute atomic E-state index is 0.188. The van der Waals surface area contributed by atoms with Gasteiger partial charge in [-0.05, 0) is 50.6 Å². The normalized spacial score (nSPS) is 18.8. The van der Waals surface area contributed by atoms with Crippen molar-refractivity contribution in [2.24, 2.45) is 0 Å². The molecule has 1 saturated heterocycles. The Balaban J connectivity index is 1.74. The number of halogens is 1. The number of ether oxygens (including phenoxy) is 2. The lowest BCUT2D eigenvalue weighted by molar-refractivity contribution is -0.121. The summed E-state index contributed by atoms with van der Waals surface area (Å²) in [6.07, 6.45) is 2.11. The van der Waals surface area contributed by atoms with Crippen LogP contribution >= 0.6 is 11.6 Å². The molecule has 1 N–H and O–H groups in total. The second-order valence-corrected chi connectivity index (χ2v) is 6.41. The number of rotatable bonds is 7. The molecule has 22 heavy (non-hydrogen) atoms. The molecule has 2 rings (SSSR count). The Bertz CT molecular complexity index is 429. The molecular formula is C17H27ClN2O2. The van der Waals surface area contributed by atoms with E-state index in [-0.39, 0.29) is 12.3 Å². The van der Waals surface area contributed by atoms with E-state index in [1.165, 1.54) is 5.56 Å². The zero-order valence-electron chi connectivity index (χ0n) is 13.7. The van der Waals surface area contributed by atoms with Crippen LogP contribution in [-0.4, -0.2) is 50.6 Å². The van der Waals surface area contributed by atoms with Crippen molar-refractivity contribution >= 4 is 11.6 Å². The molecule has 5 heteroatoms. The van der Waals surface area contributed by atoms with Gasteiger partial charge >= 0.3 is 0 Å². The number of methoxy groups -OCH3 is 2. The topological polar surface area (TPSA) is 33.7 Å². The van der Waals surface area contributed by atoms with Crippen molar-refractivity contribution < 1.29 is 9.47 Å². The van der Waals surface area contributed by atoms with Gasteiger partial charge in [-0.15, -0.1) is 0 Å². The summed E-state index contributed by atoms with van der Waals surface area (Å²) in [4.78, 5) is 2.50. The lowest BCUT2D eigenvalue weighted by Gasteiger charge is -2.35. The van der Waals surface area contributed by atoms with E-state index in [0.29, 0.717) is 6.04 Å². The molecule has 0 aromatic heterocycles. The highest BCUT2D eigenvalue weighted by Gasteiger charge is 2.23. The second kappa shape index (κ2) is 8.85. The maximum absolute atomic E-state index is 5.93. The molecular weight excluding hydrogens is 300 g/mol. The molecule has 0 bridgehead atoms. The fourth-order valence-electron chi connectivity index (χ4n) is 3.06. The summed E-state index contributed by atoms with van der Waals surface area (Å²) < 4.78 is 10.6. The average molecular weight is 327 g/mol. The van der Waals surface area contributed by atoms with Gasteiger partial charge in [0.2, 0.25) is 0 Å². The molecule has 0 radical (unpaired) electrons. The first-order chi connectivity index (χ1) is 10.6. The van der Waals surface area contributed by atoms with Gasteiger partial charge in [0.05, 0.1) is 6.04 Å². The predicted octanol–water partition coefficient (Wildman–Crippen LogP) is 2.90. The number of nitrogens with one attached hydrogen (secondary N) is 1. The van der Waals surface area contributed by atoms with E-state index in [0.717, 1.165) is 37.5 Å². The van der Waals surface area contributed by atoms with Gasteiger partial charge in [-0.2, -0.15) is 0 Å². The summed E-state index contributed by atoms with van der Waals surface area (Å²) in [5.74, 6) is 0. The lowest BCUT2D eigenvalue weighted by Crippen LogP contribution is -2.49. The highest BCUT2D eigenvalue weighted by molar-refractivity contribution is 6.30. The van der Waals surface area contributed by atoms with Crippen molar-refractivity contribution in [3.63, 3.8) is 0 Å². The van der Waals surface area contributed by atoms with Gasteiger partial charge in [-0.3, -0.25) is 4.90 Å². The standard InChI is InChI=1S/C17H27ClN2O2/c1-13(17(21-2)22-3)19-16-8-10-20(11-9-16)12-14-4-6-15(18)7-5-14/h4-7,13,16-17,19H,8-12H2,1-3H3. The Morgan fingerprint density at radius 1 is 1.18 bits per heavy atom. The van der Waals surface area contributed by atoms with Crippen LogP contribution in [0.2, 0.25) is 5.02 Å². The summed E-state index contributed by atoms with van der Waals surface area (Å²) in [7, 11) is 3.36. The van der Waals surface area contributed by atoms with Crippen LogP contribution < -0.4 is 5.32 Å². The monoisotopic (exact) mass is 326 g/mol. The van der Waals surface area contributed by atoms with E-state index < -0.39 is 0 Å². The van der Waals surface area contributed by atoms with Crippen LogP contribution in [0.1, 0.15) is 25.3 Å². The third-order valence-corrected chi connectivity index (χ3v) is 4.53. The van der Waals surface area contributed by atoms with Crippen LogP contribution in [0, 0.1) is 0 Å². The number of hydrogen-bond donors (Lipinski definition) is 1. The van der Waals surface area contributed by atoms with E-state index in [1.54, 1.807) is 14.2 Å². The molecule has 0 saturated carbocycles. The van der Waals surface area contributed by atoms with Crippen molar-refractivity contribution in [3.8, 4) is 0 Å². The summed E-state index contributed by atoms with van der Waals surface area (Å²) >= 11 is 5.93. The Labute approximate surface area is 138 Å². The number of piperidine rings is 1. The molecule has 1 unspecified atom stereocenters. The highest BCUT2D eigenvalue weighted by Crippen LogP contribution is 2.16. The van der Waals surface area contributed by atoms with Crippen molar-refractivity contribution in [2.75, 3.05) is 27.3 Å². The Morgan fingerprint density at radius 3 is 2.32 bits per heavy atom. The molecule has 1 aliphatic rings. The molecule has 1 aromatic carbocycles. The molecule has 1 heterocycles. The van der Waals surface area contributed by atoms with Gasteiger partial charge in [0.25, 0.3) is 0 Å². The number of likely N-dealkylation sites (tertiary alicyclic amines) is 1. The molecule has 4 nitrogen and oxygen atoms in total. The van der Waals surface area contributed by atoms with E-state index in [2.05, 4.69) is 29.3 Å². The predicted molar refractivity (Wildman–Crippen MR) is 90.2 cm³/mol. The Morgan fingerprint density at radius 2 is 1.77 bits per heavy atom. The number of hydrogen-bond acceptors (Lipinski definition) is 4. The van der Waals surface area contributed by atoms with Crippen molar-refractivity contribution in [3.05, 3.63) is 34.9 Å². The third kappa shape index (κ3) is 5.21. The van der Waals surface area contributed by atoms with Crippen LogP contribution in [0.15, 0.2) is 24.3 Å². The first-order valence-electron chi connectivity index (χ1n) is 7.91. The molecule has 124 valence electrons. The number of benzene rings is 1. The van der Waals surface area contributed by atoms with E-state index >= 15 is 0 Å². The largest absolute Gasteiger partial charge is 0.354 e. The van der Waals surface area contributed by atoms with Crippen molar-refractivity contribution in [1.82, 2.24) is 10.2 Å². The van der Waals surface area contributed by atoms with Crippen molar-refractivity contribution in [2.45, 2.75) is 44.7 Å². The Hall–Kier alpha value is -0.650. The van der Waals surface area contributed by atoms with Gasteiger partial charge in [0, 0.05) is 31.8 Å². The minimum Gasteiger partial charge on any atom is -0.354 e. The molecule has 1 fully saturated rings. The van der Waals surface area contributed by atoms with Crippen LogP contribution in [0.4, 0.5) is 0 Å². The molecule has 1 atom stereocenters. The lowest BCUT2D eigenvalue weighted by atomic mass is 10.0. The summed E-state index contributed by atoms with van der Waals surface area (Å²) in [5.41, 5.74) is 1.32. The summed E-state index contributed by atoms with van der Waals surface area (Å²) in [6, 6.07) is 8.87. The molecule has 0 spiro atoms. The van der Waals surface area contributed by atoms with Gasteiger partial charge in [-0.1, -0.05) is 23.7 Å². The van der Waals surface area contributed by atoms with Crippen LogP contribution in [0.5, 0.6) is 0 Å². The number of nitrogens with zero attached hydrogens (tertiary/aromatic N) is 1.